The van der Waals surface area contributed by atoms with Gasteiger partial charge >= 0.3 is 0 Å². The van der Waals surface area contributed by atoms with Gasteiger partial charge in [0.2, 0.25) is 0 Å². The van der Waals surface area contributed by atoms with Gasteiger partial charge in [0.1, 0.15) is 5.75 Å². The van der Waals surface area contributed by atoms with E-state index in [2.05, 4.69) is 26.0 Å². The van der Waals surface area contributed by atoms with Gasteiger partial charge in [-0.15, -0.1) is 0 Å². The molecule has 0 fully saturated rings. The molecule has 4 rings (SSSR count). The number of anilines is 1. The summed E-state index contributed by atoms with van der Waals surface area (Å²) in [5.41, 5.74) is 2.84. The number of aromatic nitrogens is 1. The second kappa shape index (κ2) is 7.32. The molecule has 0 radical (unpaired) electrons. The molecule has 3 aromatic rings. The summed E-state index contributed by atoms with van der Waals surface area (Å²) in [5, 5.41) is 16.3. The first-order valence-electron chi connectivity index (χ1n) is 8.49. The number of phenolic OH excluding ortho intramolecular Hbond substituents is 1. The largest absolute Gasteiger partial charge is 0.508 e. The van der Waals surface area contributed by atoms with Crippen LogP contribution < -0.4 is 5.01 Å². The number of carbonyl (C=O) groups excluding carboxylic acids is 1. The van der Waals surface area contributed by atoms with Crippen LogP contribution in [-0.2, 0) is 4.79 Å². The molecule has 1 amide bonds. The Morgan fingerprint density at radius 2 is 1.81 bits per heavy atom. The number of halogens is 1. The van der Waals surface area contributed by atoms with Gasteiger partial charge in [-0.25, -0.2) is 0 Å². The van der Waals surface area contributed by atoms with Gasteiger partial charge in [-0.3, -0.25) is 9.78 Å². The molecule has 1 aliphatic rings. The molecule has 1 aliphatic heterocycles. The Labute approximate surface area is 165 Å². The SMILES string of the molecule is O=C1C(c2ccccc2O)CC(c2cccnc2)=NN1c1ccccc1Br. The number of phenols is 1. The molecule has 0 bridgehead atoms. The monoisotopic (exact) mass is 421 g/mol. The minimum Gasteiger partial charge on any atom is -0.508 e. The smallest absolute Gasteiger partial charge is 0.255 e. The maximum Gasteiger partial charge on any atom is 0.255 e. The molecule has 1 atom stereocenters. The van der Waals surface area contributed by atoms with E-state index < -0.39 is 5.92 Å². The third-order valence-corrected chi connectivity index (χ3v) is 5.18. The van der Waals surface area contributed by atoms with Crippen molar-refractivity contribution in [2.45, 2.75) is 12.3 Å². The molecule has 6 heteroatoms. The van der Waals surface area contributed by atoms with Gasteiger partial charge in [-0.2, -0.15) is 10.1 Å². The summed E-state index contributed by atoms with van der Waals surface area (Å²) < 4.78 is 0.769. The zero-order chi connectivity index (χ0) is 18.8. The fourth-order valence-electron chi connectivity index (χ4n) is 3.17. The van der Waals surface area contributed by atoms with Gasteiger partial charge in [-0.1, -0.05) is 36.4 Å². The van der Waals surface area contributed by atoms with Crippen molar-refractivity contribution in [2.75, 3.05) is 5.01 Å². The Morgan fingerprint density at radius 3 is 2.56 bits per heavy atom. The van der Waals surface area contributed by atoms with E-state index in [1.54, 1.807) is 30.6 Å². The highest BCUT2D eigenvalue weighted by Crippen LogP contribution is 2.37. The van der Waals surface area contributed by atoms with E-state index in [1.807, 2.05) is 42.5 Å². The fraction of sp³-hybridized carbons (Fsp3) is 0.0952. The highest BCUT2D eigenvalue weighted by atomic mass is 79.9. The lowest BCUT2D eigenvalue weighted by molar-refractivity contribution is -0.120. The quantitative estimate of drug-likeness (QED) is 0.677. The summed E-state index contributed by atoms with van der Waals surface area (Å²) >= 11 is 3.50. The first-order valence-corrected chi connectivity index (χ1v) is 9.28. The molecule has 1 N–H and O–H groups in total. The van der Waals surface area contributed by atoms with Crippen molar-refractivity contribution in [1.82, 2.24) is 4.98 Å². The number of carbonyl (C=O) groups is 1. The molecule has 134 valence electrons. The van der Waals surface area contributed by atoms with Crippen LogP contribution in [0, 0.1) is 0 Å². The zero-order valence-electron chi connectivity index (χ0n) is 14.3. The van der Waals surface area contributed by atoms with E-state index >= 15 is 0 Å². The molecule has 0 aliphatic carbocycles. The van der Waals surface area contributed by atoms with Crippen molar-refractivity contribution in [3.63, 3.8) is 0 Å². The summed E-state index contributed by atoms with van der Waals surface area (Å²) in [7, 11) is 0. The number of aromatic hydroxyl groups is 1. The third kappa shape index (κ3) is 3.36. The van der Waals surface area contributed by atoms with Crippen LogP contribution in [0.5, 0.6) is 5.75 Å². The second-order valence-corrected chi connectivity index (χ2v) is 7.06. The maximum atomic E-state index is 13.3. The molecule has 1 aromatic heterocycles. The highest BCUT2D eigenvalue weighted by Gasteiger charge is 2.35. The van der Waals surface area contributed by atoms with E-state index in [9.17, 15) is 9.90 Å². The van der Waals surface area contributed by atoms with Crippen LogP contribution in [-0.4, -0.2) is 21.7 Å². The van der Waals surface area contributed by atoms with Crippen LogP contribution in [0.4, 0.5) is 5.69 Å². The normalized spacial score (nSPS) is 16.9. The van der Waals surface area contributed by atoms with Crippen molar-refractivity contribution < 1.29 is 9.90 Å². The molecular formula is C21H16BrN3O2. The highest BCUT2D eigenvalue weighted by molar-refractivity contribution is 9.10. The molecular weight excluding hydrogens is 406 g/mol. The van der Waals surface area contributed by atoms with Crippen LogP contribution >= 0.6 is 15.9 Å². The Morgan fingerprint density at radius 1 is 1.04 bits per heavy atom. The van der Waals surface area contributed by atoms with Crippen LogP contribution in [0.3, 0.4) is 0 Å². The van der Waals surface area contributed by atoms with E-state index in [-0.39, 0.29) is 11.7 Å². The standard InChI is InChI=1S/C21H16BrN3O2/c22-17-8-2-3-9-19(17)25-21(27)16(15-7-1-4-10-20(15)26)12-18(24-25)14-6-5-11-23-13-14/h1-11,13,16,26H,12H2. The summed E-state index contributed by atoms with van der Waals surface area (Å²) in [4.78, 5) is 17.4. The van der Waals surface area contributed by atoms with Gasteiger partial charge < -0.3 is 5.11 Å². The Hall–Kier alpha value is -2.99. The summed E-state index contributed by atoms with van der Waals surface area (Å²) in [5.74, 6) is -0.614. The number of benzene rings is 2. The van der Waals surface area contributed by atoms with Crippen molar-refractivity contribution in [1.29, 1.82) is 0 Å². The lowest BCUT2D eigenvalue weighted by Gasteiger charge is -2.30. The third-order valence-electron chi connectivity index (χ3n) is 4.51. The van der Waals surface area contributed by atoms with E-state index in [0.29, 0.717) is 17.7 Å². The predicted molar refractivity (Wildman–Crippen MR) is 108 cm³/mol. The number of nitrogens with zero attached hydrogens (tertiary/aromatic N) is 3. The molecule has 0 saturated carbocycles. The van der Waals surface area contributed by atoms with Crippen molar-refractivity contribution in [3.8, 4) is 5.75 Å². The number of hydrazone groups is 1. The lowest BCUT2D eigenvalue weighted by Crippen LogP contribution is -2.38. The topological polar surface area (TPSA) is 65.8 Å². The van der Waals surface area contributed by atoms with Crippen molar-refractivity contribution in [2.24, 2.45) is 5.10 Å². The molecule has 27 heavy (non-hydrogen) atoms. The maximum absolute atomic E-state index is 13.3. The lowest BCUT2D eigenvalue weighted by atomic mass is 9.88. The molecule has 0 spiro atoms. The number of para-hydroxylation sites is 2. The number of rotatable bonds is 3. The molecule has 1 unspecified atom stereocenters. The van der Waals surface area contributed by atoms with E-state index in [1.165, 1.54) is 5.01 Å². The Kier molecular flexibility index (Phi) is 4.73. The van der Waals surface area contributed by atoms with Gasteiger partial charge in [0.15, 0.2) is 0 Å². The average Bonchev–Trinajstić information content (AvgIpc) is 2.70. The number of amides is 1. The number of pyridine rings is 1. The second-order valence-electron chi connectivity index (χ2n) is 6.21. The van der Waals surface area contributed by atoms with E-state index in [4.69, 9.17) is 0 Å². The molecule has 0 saturated heterocycles. The van der Waals surface area contributed by atoms with Crippen molar-refractivity contribution in [3.05, 3.63) is 88.7 Å². The van der Waals surface area contributed by atoms with Crippen LogP contribution in [0.1, 0.15) is 23.5 Å². The van der Waals surface area contributed by atoms with Gasteiger partial charge in [0.05, 0.1) is 17.3 Å². The summed E-state index contributed by atoms with van der Waals surface area (Å²) in [6, 6.07) is 18.1. The van der Waals surface area contributed by atoms with Crippen molar-refractivity contribution >= 4 is 33.2 Å². The Balaban J connectivity index is 1.85. The summed E-state index contributed by atoms with van der Waals surface area (Å²) in [6.45, 7) is 0. The van der Waals surface area contributed by atoms with Crippen LogP contribution in [0.25, 0.3) is 0 Å². The molecule has 2 aromatic carbocycles. The predicted octanol–water partition coefficient (Wildman–Crippen LogP) is 4.47. The van der Waals surface area contributed by atoms with Crippen LogP contribution in [0.2, 0.25) is 0 Å². The van der Waals surface area contributed by atoms with Crippen LogP contribution in [0.15, 0.2) is 82.6 Å². The number of hydrogen-bond acceptors (Lipinski definition) is 4. The van der Waals surface area contributed by atoms with Gasteiger partial charge in [0, 0.05) is 34.4 Å². The molecule has 2 heterocycles. The molecule has 5 nitrogen and oxygen atoms in total. The minimum absolute atomic E-state index is 0.107. The average molecular weight is 422 g/mol. The van der Waals surface area contributed by atoms with E-state index in [0.717, 1.165) is 15.7 Å². The van der Waals surface area contributed by atoms with Gasteiger partial charge in [0.25, 0.3) is 5.91 Å². The number of hydrogen-bond donors (Lipinski definition) is 1. The Bertz CT molecular complexity index is 1020. The first kappa shape index (κ1) is 17.4. The fourth-order valence-corrected chi connectivity index (χ4v) is 3.62. The minimum atomic E-state index is -0.536. The van der Waals surface area contributed by atoms with Gasteiger partial charge in [-0.05, 0) is 40.2 Å². The first-order chi connectivity index (χ1) is 13.1. The summed E-state index contributed by atoms with van der Waals surface area (Å²) in [6.07, 6.45) is 3.82. The zero-order valence-corrected chi connectivity index (χ0v) is 15.9.